The monoisotopic (exact) mass is 474 g/mol. The van der Waals surface area contributed by atoms with Crippen LogP contribution in [0, 0.1) is 0 Å². The lowest BCUT2D eigenvalue weighted by Gasteiger charge is -2.26. The van der Waals surface area contributed by atoms with Crippen molar-refractivity contribution in [2.75, 3.05) is 10.2 Å². The average Bonchev–Trinajstić information content (AvgIpc) is 3.09. The highest BCUT2D eigenvalue weighted by atomic mass is 35.5. The Hall–Kier alpha value is -3.90. The average molecular weight is 475 g/mol. The van der Waals surface area contributed by atoms with E-state index in [9.17, 15) is 19.5 Å². The third-order valence-corrected chi connectivity index (χ3v) is 5.96. The number of benzene rings is 3. The lowest BCUT2D eigenvalue weighted by molar-refractivity contribution is -0.132. The van der Waals surface area contributed by atoms with Gasteiger partial charge in [-0.15, -0.1) is 0 Å². The number of amides is 2. The normalized spacial score (nSPS) is 17.1. The second-order valence-corrected chi connectivity index (χ2v) is 8.44. The van der Waals surface area contributed by atoms with Gasteiger partial charge in [0.1, 0.15) is 5.76 Å². The van der Waals surface area contributed by atoms with Crippen LogP contribution < -0.4 is 10.2 Å². The summed E-state index contributed by atoms with van der Waals surface area (Å²) in [5.41, 5.74) is 3.06. The van der Waals surface area contributed by atoms with E-state index >= 15 is 0 Å². The number of hydrogen-bond donors (Lipinski definition) is 2. The molecule has 0 bridgehead atoms. The zero-order valence-electron chi connectivity index (χ0n) is 18.7. The highest BCUT2D eigenvalue weighted by molar-refractivity contribution is 6.51. The Labute approximate surface area is 202 Å². The van der Waals surface area contributed by atoms with E-state index in [2.05, 4.69) is 5.32 Å². The van der Waals surface area contributed by atoms with Crippen molar-refractivity contribution in [1.82, 2.24) is 0 Å². The van der Waals surface area contributed by atoms with E-state index in [1.807, 2.05) is 31.2 Å². The highest BCUT2D eigenvalue weighted by Crippen LogP contribution is 2.42. The van der Waals surface area contributed by atoms with E-state index in [0.717, 1.165) is 12.0 Å². The topological polar surface area (TPSA) is 86.7 Å². The summed E-state index contributed by atoms with van der Waals surface area (Å²) in [6.07, 6.45) is 0.837. The Morgan fingerprint density at radius 1 is 1.03 bits per heavy atom. The van der Waals surface area contributed by atoms with E-state index < -0.39 is 17.7 Å². The lowest BCUT2D eigenvalue weighted by Crippen LogP contribution is -2.29. The third-order valence-electron chi connectivity index (χ3n) is 5.71. The molecular formula is C27H23ClN2O4. The number of halogens is 1. The van der Waals surface area contributed by atoms with Crippen LogP contribution in [0.5, 0.6) is 0 Å². The molecule has 3 aromatic rings. The van der Waals surface area contributed by atoms with Gasteiger partial charge in [-0.3, -0.25) is 19.3 Å². The van der Waals surface area contributed by atoms with Gasteiger partial charge in [0.25, 0.3) is 11.7 Å². The summed E-state index contributed by atoms with van der Waals surface area (Å²) in [5, 5.41) is 14.3. The first-order chi connectivity index (χ1) is 16.3. The summed E-state index contributed by atoms with van der Waals surface area (Å²) >= 11 is 5.98. The Kier molecular flexibility index (Phi) is 6.52. The number of Topliss-reactive ketones (excluding diaryl/α,β-unsaturated/α-hetero) is 1. The van der Waals surface area contributed by atoms with Crippen LogP contribution in [0.25, 0.3) is 5.76 Å². The molecule has 1 saturated heterocycles. The largest absolute Gasteiger partial charge is 0.507 e. The smallest absolute Gasteiger partial charge is 0.300 e. The number of aliphatic hydroxyl groups is 1. The number of rotatable bonds is 5. The molecule has 0 aromatic heterocycles. The zero-order valence-corrected chi connectivity index (χ0v) is 19.5. The molecule has 0 radical (unpaired) electrons. The van der Waals surface area contributed by atoms with Crippen molar-refractivity contribution in [2.45, 2.75) is 26.3 Å². The Morgan fingerprint density at radius 2 is 1.71 bits per heavy atom. The second kappa shape index (κ2) is 9.53. The van der Waals surface area contributed by atoms with Crippen molar-refractivity contribution in [3.63, 3.8) is 0 Å². The number of carbonyl (C=O) groups is 3. The van der Waals surface area contributed by atoms with Gasteiger partial charge in [0.15, 0.2) is 0 Å². The van der Waals surface area contributed by atoms with Crippen molar-refractivity contribution in [3.8, 4) is 0 Å². The van der Waals surface area contributed by atoms with Gasteiger partial charge < -0.3 is 10.4 Å². The number of nitrogens with one attached hydrogen (secondary N) is 1. The molecule has 0 spiro atoms. The maximum Gasteiger partial charge on any atom is 0.300 e. The predicted octanol–water partition coefficient (Wildman–Crippen LogP) is 5.49. The number of anilines is 2. The fourth-order valence-corrected chi connectivity index (χ4v) is 4.18. The molecule has 4 rings (SSSR count). The Balaban J connectivity index is 1.90. The summed E-state index contributed by atoms with van der Waals surface area (Å²) < 4.78 is 0. The number of aliphatic hydroxyl groups excluding tert-OH is 1. The lowest BCUT2D eigenvalue weighted by atomic mass is 9.94. The van der Waals surface area contributed by atoms with Gasteiger partial charge in [-0.25, -0.2) is 0 Å². The standard InChI is InChI=1S/C27H23ClN2O4/c1-3-17-7-9-18(10-8-17)24-23(25(32)19-11-13-20(28)14-12-19)26(33)27(34)30(24)22-6-4-5-21(15-22)29-16(2)31/h4-15,24,32H,3H2,1-2H3,(H,29,31)/b25-23+. The van der Waals surface area contributed by atoms with Gasteiger partial charge in [-0.2, -0.15) is 0 Å². The minimum atomic E-state index is -0.853. The van der Waals surface area contributed by atoms with Crippen LogP contribution in [0.15, 0.2) is 78.4 Å². The minimum absolute atomic E-state index is 0.0125. The Bertz CT molecular complexity index is 1300. The number of ketones is 1. The molecule has 3 aromatic carbocycles. The highest BCUT2D eigenvalue weighted by Gasteiger charge is 2.47. The minimum Gasteiger partial charge on any atom is -0.507 e. The molecule has 0 saturated carbocycles. The van der Waals surface area contributed by atoms with Crippen molar-refractivity contribution in [3.05, 3.63) is 100 Å². The maximum absolute atomic E-state index is 13.3. The van der Waals surface area contributed by atoms with E-state index in [0.29, 0.717) is 27.5 Å². The van der Waals surface area contributed by atoms with Crippen LogP contribution in [0.3, 0.4) is 0 Å². The Morgan fingerprint density at radius 3 is 2.32 bits per heavy atom. The fourth-order valence-electron chi connectivity index (χ4n) is 4.05. The van der Waals surface area contributed by atoms with E-state index in [-0.39, 0.29) is 17.2 Å². The molecule has 2 N–H and O–H groups in total. The molecule has 1 aliphatic rings. The summed E-state index contributed by atoms with van der Waals surface area (Å²) in [5.74, 6) is -2.09. The molecule has 1 heterocycles. The predicted molar refractivity (Wildman–Crippen MR) is 133 cm³/mol. The van der Waals surface area contributed by atoms with Crippen LogP contribution >= 0.6 is 11.6 Å². The van der Waals surface area contributed by atoms with E-state index in [1.165, 1.54) is 11.8 Å². The number of carbonyl (C=O) groups excluding carboxylic acids is 3. The molecule has 172 valence electrons. The molecule has 2 amide bonds. The van der Waals surface area contributed by atoms with Gasteiger partial charge >= 0.3 is 0 Å². The van der Waals surface area contributed by atoms with Crippen LogP contribution in [-0.2, 0) is 20.8 Å². The quantitative estimate of drug-likeness (QED) is 0.291. The van der Waals surface area contributed by atoms with Crippen LogP contribution in [0.4, 0.5) is 11.4 Å². The first-order valence-electron chi connectivity index (χ1n) is 10.8. The summed E-state index contributed by atoms with van der Waals surface area (Å²) in [6, 6.07) is 19.8. The molecule has 1 fully saturated rings. The van der Waals surface area contributed by atoms with Crippen molar-refractivity contribution in [2.24, 2.45) is 0 Å². The zero-order chi connectivity index (χ0) is 24.4. The number of nitrogens with zero attached hydrogens (tertiary/aromatic N) is 1. The molecule has 0 aliphatic carbocycles. The first-order valence-corrected chi connectivity index (χ1v) is 11.2. The fraction of sp³-hybridized carbons (Fsp3) is 0.148. The molecule has 7 heteroatoms. The molecule has 1 atom stereocenters. The first kappa shape index (κ1) is 23.3. The van der Waals surface area contributed by atoms with E-state index in [1.54, 1.807) is 48.5 Å². The van der Waals surface area contributed by atoms with Gasteiger partial charge in [0, 0.05) is 28.9 Å². The SMILES string of the molecule is CCc1ccc(C2/C(=C(\O)c3ccc(Cl)cc3)C(=O)C(=O)N2c2cccc(NC(C)=O)c2)cc1. The third kappa shape index (κ3) is 4.45. The molecule has 1 aliphatic heterocycles. The summed E-state index contributed by atoms with van der Waals surface area (Å²) in [4.78, 5) is 39.4. The molecule has 34 heavy (non-hydrogen) atoms. The maximum atomic E-state index is 13.3. The van der Waals surface area contributed by atoms with Gasteiger partial charge in [0.05, 0.1) is 11.6 Å². The molecule has 6 nitrogen and oxygen atoms in total. The van der Waals surface area contributed by atoms with Crippen LogP contribution in [0.2, 0.25) is 5.02 Å². The number of hydrogen-bond acceptors (Lipinski definition) is 4. The second-order valence-electron chi connectivity index (χ2n) is 8.00. The summed E-state index contributed by atoms with van der Waals surface area (Å²) in [7, 11) is 0. The molecule has 1 unspecified atom stereocenters. The van der Waals surface area contributed by atoms with Crippen molar-refractivity contribution in [1.29, 1.82) is 0 Å². The van der Waals surface area contributed by atoms with Crippen molar-refractivity contribution >= 4 is 46.3 Å². The van der Waals surface area contributed by atoms with E-state index in [4.69, 9.17) is 11.6 Å². The molecular weight excluding hydrogens is 452 g/mol. The van der Waals surface area contributed by atoms with Gasteiger partial charge in [-0.05, 0) is 60.0 Å². The van der Waals surface area contributed by atoms with Gasteiger partial charge in [-0.1, -0.05) is 48.9 Å². The van der Waals surface area contributed by atoms with Crippen LogP contribution in [0.1, 0.15) is 36.6 Å². The summed E-state index contributed by atoms with van der Waals surface area (Å²) in [6.45, 7) is 3.43. The van der Waals surface area contributed by atoms with Crippen molar-refractivity contribution < 1.29 is 19.5 Å². The number of aryl methyl sites for hydroxylation is 1. The van der Waals surface area contributed by atoms with Gasteiger partial charge in [0.2, 0.25) is 5.91 Å². The van der Waals surface area contributed by atoms with Crippen LogP contribution in [-0.4, -0.2) is 22.7 Å².